The summed E-state index contributed by atoms with van der Waals surface area (Å²) in [6.45, 7) is 14.1. The third kappa shape index (κ3) is 5.05. The van der Waals surface area contributed by atoms with Crippen molar-refractivity contribution >= 4 is 17.1 Å². The Kier molecular flexibility index (Phi) is 7.48. The van der Waals surface area contributed by atoms with Gasteiger partial charge in [0.1, 0.15) is 0 Å². The van der Waals surface area contributed by atoms with Crippen LogP contribution in [0.2, 0.25) is 0 Å². The molecule has 0 fully saturated rings. The van der Waals surface area contributed by atoms with Gasteiger partial charge in [-0.2, -0.15) is 0 Å². The van der Waals surface area contributed by atoms with E-state index in [2.05, 4.69) is 211 Å². The van der Waals surface area contributed by atoms with Crippen LogP contribution in [0.5, 0.6) is 0 Å². The molecule has 3 N–H and O–H groups in total. The van der Waals surface area contributed by atoms with E-state index in [9.17, 15) is 0 Å². The van der Waals surface area contributed by atoms with Crippen molar-refractivity contribution in [2.45, 2.75) is 57.8 Å². The maximum absolute atomic E-state index is 7.45. The first-order valence-electron chi connectivity index (χ1n) is 21.0. The summed E-state index contributed by atoms with van der Waals surface area (Å²) < 4.78 is 0. The van der Waals surface area contributed by atoms with E-state index in [0.717, 1.165) is 22.6 Å². The summed E-state index contributed by atoms with van der Waals surface area (Å²) in [6, 6.07) is 60.4. The van der Waals surface area contributed by atoms with Gasteiger partial charge in [-0.1, -0.05) is 175 Å². The van der Waals surface area contributed by atoms with Crippen LogP contribution in [0.25, 0.3) is 66.8 Å². The van der Waals surface area contributed by atoms with Crippen molar-refractivity contribution in [3.8, 4) is 66.8 Å². The van der Waals surface area contributed by atoms with Crippen molar-refractivity contribution < 1.29 is 0 Å². The van der Waals surface area contributed by atoms with Gasteiger partial charge < -0.3 is 11.1 Å². The van der Waals surface area contributed by atoms with E-state index in [1.54, 1.807) is 0 Å². The van der Waals surface area contributed by atoms with Gasteiger partial charge in [-0.15, -0.1) is 0 Å². The number of hydrogen-bond acceptors (Lipinski definition) is 2. The fourth-order valence-corrected chi connectivity index (χ4v) is 11.1. The molecule has 3 aliphatic carbocycles. The van der Waals surface area contributed by atoms with E-state index in [4.69, 9.17) is 5.73 Å². The Labute approximate surface area is 348 Å². The summed E-state index contributed by atoms with van der Waals surface area (Å²) in [5.41, 5.74) is 33.0. The molecule has 0 bridgehead atoms. The van der Waals surface area contributed by atoms with Gasteiger partial charge in [0.15, 0.2) is 0 Å². The molecule has 0 unspecified atom stereocenters. The van der Waals surface area contributed by atoms with E-state index in [-0.39, 0.29) is 16.2 Å². The van der Waals surface area contributed by atoms with E-state index in [1.807, 2.05) is 0 Å². The Hall–Kier alpha value is -6.64. The molecular formula is C57H48N2. The molecule has 0 spiro atoms. The highest BCUT2D eigenvalue weighted by Gasteiger charge is 2.41. The third-order valence-electron chi connectivity index (χ3n) is 14.0. The zero-order chi connectivity index (χ0) is 40.4. The number of nitrogen functional groups attached to an aromatic ring is 1. The predicted molar refractivity (Wildman–Crippen MR) is 250 cm³/mol. The first kappa shape index (κ1) is 35.5. The van der Waals surface area contributed by atoms with Crippen LogP contribution in [-0.4, -0.2) is 0 Å². The van der Waals surface area contributed by atoms with Gasteiger partial charge in [0, 0.05) is 38.9 Å². The minimum atomic E-state index is -0.289. The lowest BCUT2D eigenvalue weighted by Crippen LogP contribution is -2.18. The second-order valence-electron chi connectivity index (χ2n) is 18.4. The topological polar surface area (TPSA) is 38.0 Å². The first-order valence-corrected chi connectivity index (χ1v) is 21.0. The Morgan fingerprint density at radius 2 is 0.814 bits per heavy atom. The summed E-state index contributed by atoms with van der Waals surface area (Å²) in [5, 5.41) is 3.69. The quantitative estimate of drug-likeness (QED) is 0.171. The molecule has 8 aromatic rings. The number of rotatable bonds is 5. The summed E-state index contributed by atoms with van der Waals surface area (Å²) in [6.07, 6.45) is 0. The zero-order valence-corrected chi connectivity index (χ0v) is 34.7. The fraction of sp³-hybridized carbons (Fsp3) is 0.158. The average Bonchev–Trinajstić information content (AvgIpc) is 3.73. The second-order valence-corrected chi connectivity index (χ2v) is 18.4. The number of benzene rings is 8. The molecule has 0 aliphatic heterocycles. The molecule has 0 aromatic heterocycles. The van der Waals surface area contributed by atoms with Gasteiger partial charge in [0.05, 0.1) is 0 Å². The number of nitrogens with one attached hydrogen (secondary N) is 1. The smallest absolute Gasteiger partial charge is 0.0441 e. The van der Waals surface area contributed by atoms with Crippen LogP contribution in [0.1, 0.15) is 74.9 Å². The van der Waals surface area contributed by atoms with Crippen molar-refractivity contribution in [1.29, 1.82) is 0 Å². The molecule has 59 heavy (non-hydrogen) atoms. The highest BCUT2D eigenvalue weighted by atomic mass is 14.9. The normalized spacial score (nSPS) is 15.4. The molecule has 0 saturated carbocycles. The zero-order valence-electron chi connectivity index (χ0n) is 34.7. The average molecular weight is 761 g/mol. The van der Waals surface area contributed by atoms with Gasteiger partial charge in [-0.25, -0.2) is 0 Å². The SMILES string of the molecule is CC1(C)c2ccccc2-c2ccc(Nc3ccc(-c4ccc5c(c4)C(C)(C)c4c-5ccc(-c5ccc6c(c5-c5ccccc5)C(C)(C)c5ccccc5-6)c4N)cc3)cc21. The number of nitrogens with two attached hydrogens (primary N) is 1. The van der Waals surface area contributed by atoms with Gasteiger partial charge in [0.25, 0.3) is 0 Å². The molecule has 0 radical (unpaired) electrons. The maximum Gasteiger partial charge on any atom is 0.0441 e. The molecule has 8 aromatic carbocycles. The summed E-state index contributed by atoms with van der Waals surface area (Å²) in [5.74, 6) is 0. The van der Waals surface area contributed by atoms with Gasteiger partial charge in [-0.05, 0) is 125 Å². The highest BCUT2D eigenvalue weighted by molar-refractivity contribution is 6.01. The van der Waals surface area contributed by atoms with Gasteiger partial charge >= 0.3 is 0 Å². The minimum absolute atomic E-state index is 0.0299. The Balaban J connectivity index is 0.931. The molecule has 3 aliphatic rings. The van der Waals surface area contributed by atoms with Crippen LogP contribution in [0.3, 0.4) is 0 Å². The van der Waals surface area contributed by atoms with Crippen molar-refractivity contribution in [3.63, 3.8) is 0 Å². The molecule has 0 saturated heterocycles. The summed E-state index contributed by atoms with van der Waals surface area (Å²) in [4.78, 5) is 0. The maximum atomic E-state index is 7.45. The van der Waals surface area contributed by atoms with E-state index in [0.29, 0.717) is 0 Å². The lowest BCUT2D eigenvalue weighted by molar-refractivity contribution is 0.660. The van der Waals surface area contributed by atoms with Crippen LogP contribution in [0.4, 0.5) is 17.1 Å². The minimum Gasteiger partial charge on any atom is -0.398 e. The van der Waals surface area contributed by atoms with Crippen molar-refractivity contribution in [3.05, 3.63) is 197 Å². The van der Waals surface area contributed by atoms with Crippen LogP contribution < -0.4 is 11.1 Å². The Morgan fingerprint density at radius 1 is 0.339 bits per heavy atom. The lowest BCUT2D eigenvalue weighted by atomic mass is 9.75. The predicted octanol–water partition coefficient (Wildman–Crippen LogP) is 14.9. The lowest BCUT2D eigenvalue weighted by Gasteiger charge is -2.28. The Bertz CT molecular complexity index is 3030. The summed E-state index contributed by atoms with van der Waals surface area (Å²) >= 11 is 0. The largest absolute Gasteiger partial charge is 0.398 e. The molecule has 0 amide bonds. The fourth-order valence-electron chi connectivity index (χ4n) is 11.1. The van der Waals surface area contributed by atoms with Crippen molar-refractivity contribution in [1.82, 2.24) is 0 Å². The molecule has 286 valence electrons. The highest BCUT2D eigenvalue weighted by Crippen LogP contribution is 2.58. The standard InChI is InChI=1S/C57H48N2/c1-55(2)47-18-12-10-16-39(47)41-27-25-38(33-50(41)55)59-37-23-20-34(21-24-37)36-22-26-42-45-30-31-46(54(58)53(45)57(5,6)49(42)32-36)43-28-29-44-40-17-11-13-19-48(40)56(3,4)52(44)51(43)35-14-8-7-9-15-35/h7-33,59H,58H2,1-6H3. The molecule has 0 atom stereocenters. The second kappa shape index (κ2) is 12.4. The van der Waals surface area contributed by atoms with Crippen LogP contribution in [-0.2, 0) is 16.2 Å². The van der Waals surface area contributed by atoms with Crippen molar-refractivity contribution in [2.75, 3.05) is 11.1 Å². The van der Waals surface area contributed by atoms with Gasteiger partial charge in [0.2, 0.25) is 0 Å². The third-order valence-corrected chi connectivity index (χ3v) is 14.0. The molecule has 0 heterocycles. The van der Waals surface area contributed by atoms with Crippen LogP contribution in [0, 0.1) is 0 Å². The van der Waals surface area contributed by atoms with Crippen LogP contribution in [0.15, 0.2) is 164 Å². The van der Waals surface area contributed by atoms with E-state index in [1.165, 1.54) is 94.6 Å². The molecule has 2 heteroatoms. The summed E-state index contributed by atoms with van der Waals surface area (Å²) in [7, 11) is 0. The van der Waals surface area contributed by atoms with Crippen molar-refractivity contribution in [2.24, 2.45) is 0 Å². The number of fused-ring (bicyclic) bond motifs is 9. The molecule has 2 nitrogen and oxygen atoms in total. The first-order chi connectivity index (χ1) is 28.4. The van der Waals surface area contributed by atoms with E-state index < -0.39 is 0 Å². The molecular weight excluding hydrogens is 713 g/mol. The Morgan fingerprint density at radius 3 is 1.54 bits per heavy atom. The number of anilines is 3. The van der Waals surface area contributed by atoms with E-state index >= 15 is 0 Å². The van der Waals surface area contributed by atoms with Crippen LogP contribution >= 0.6 is 0 Å². The monoisotopic (exact) mass is 760 g/mol. The van der Waals surface area contributed by atoms with Gasteiger partial charge in [-0.3, -0.25) is 0 Å². The number of hydrogen-bond donors (Lipinski definition) is 2. The molecule has 11 rings (SSSR count).